The fraction of sp³-hybridized carbons (Fsp3) is 0.200. The van der Waals surface area contributed by atoms with Crippen molar-refractivity contribution < 1.29 is 13.9 Å². The number of pyridine rings is 1. The van der Waals surface area contributed by atoms with Crippen LogP contribution in [0.4, 0.5) is 0 Å². The number of carbonyl (C=O) groups excluding carboxylic acids is 1. The molecular weight excluding hydrogens is 302 g/mol. The van der Waals surface area contributed by atoms with E-state index in [0.29, 0.717) is 18.9 Å². The Kier molecular flexibility index (Phi) is 4.24. The molecule has 0 spiro atoms. The van der Waals surface area contributed by atoms with Crippen molar-refractivity contribution in [1.82, 2.24) is 15.0 Å². The van der Waals surface area contributed by atoms with Crippen molar-refractivity contribution in [2.75, 3.05) is 6.61 Å². The van der Waals surface area contributed by atoms with E-state index in [2.05, 4.69) is 15.0 Å². The first-order valence-corrected chi connectivity index (χ1v) is 7.60. The number of aromatic nitrogens is 3. The van der Waals surface area contributed by atoms with Crippen molar-refractivity contribution in [3.05, 3.63) is 53.3 Å². The van der Waals surface area contributed by atoms with Gasteiger partial charge in [-0.2, -0.15) is 0 Å². The number of hydrogen-bond acceptors (Lipinski definition) is 7. The maximum Gasteiger partial charge on any atom is 0.360 e. The Morgan fingerprint density at radius 2 is 2.27 bits per heavy atom. The number of esters is 1. The maximum absolute atomic E-state index is 11.5. The van der Waals surface area contributed by atoms with E-state index >= 15 is 0 Å². The third-order valence-electron chi connectivity index (χ3n) is 2.87. The normalized spacial score (nSPS) is 10.6. The highest BCUT2D eigenvalue weighted by molar-refractivity contribution is 7.13. The van der Waals surface area contributed by atoms with E-state index in [1.54, 1.807) is 30.7 Å². The van der Waals surface area contributed by atoms with Gasteiger partial charge in [-0.25, -0.2) is 14.8 Å². The van der Waals surface area contributed by atoms with Gasteiger partial charge in [0.2, 0.25) is 0 Å². The van der Waals surface area contributed by atoms with Gasteiger partial charge in [-0.05, 0) is 18.6 Å². The lowest BCUT2D eigenvalue weighted by molar-refractivity contribution is 0.0519. The van der Waals surface area contributed by atoms with Crippen molar-refractivity contribution in [3.63, 3.8) is 0 Å². The van der Waals surface area contributed by atoms with E-state index < -0.39 is 5.97 Å². The van der Waals surface area contributed by atoms with Crippen LogP contribution < -0.4 is 0 Å². The van der Waals surface area contributed by atoms with Crippen LogP contribution in [0.1, 0.15) is 28.9 Å². The second-order valence-corrected chi connectivity index (χ2v) is 5.31. The zero-order chi connectivity index (χ0) is 15.4. The van der Waals surface area contributed by atoms with Crippen molar-refractivity contribution in [1.29, 1.82) is 0 Å². The first kappa shape index (κ1) is 14.4. The summed E-state index contributed by atoms with van der Waals surface area (Å²) < 4.78 is 10.2. The predicted octanol–water partition coefficient (Wildman–Crippen LogP) is 2.96. The average molecular weight is 315 g/mol. The van der Waals surface area contributed by atoms with Crippen LogP contribution >= 0.6 is 11.3 Å². The molecule has 0 amide bonds. The smallest absolute Gasteiger partial charge is 0.360 e. The summed E-state index contributed by atoms with van der Waals surface area (Å²) >= 11 is 1.54. The molecule has 7 heteroatoms. The molecule has 0 saturated heterocycles. The Labute approximate surface area is 130 Å². The van der Waals surface area contributed by atoms with E-state index in [9.17, 15) is 4.79 Å². The fourth-order valence-electron chi connectivity index (χ4n) is 1.87. The molecule has 0 atom stereocenters. The van der Waals surface area contributed by atoms with Crippen molar-refractivity contribution in [3.8, 4) is 10.7 Å². The highest BCUT2D eigenvalue weighted by Gasteiger charge is 2.13. The Morgan fingerprint density at radius 1 is 1.36 bits per heavy atom. The topological polar surface area (TPSA) is 78.1 Å². The summed E-state index contributed by atoms with van der Waals surface area (Å²) in [4.78, 5) is 24.2. The molecule has 112 valence electrons. The van der Waals surface area contributed by atoms with Crippen molar-refractivity contribution >= 4 is 17.3 Å². The largest absolute Gasteiger partial charge is 0.461 e. The Balaban J connectivity index is 1.70. The predicted molar refractivity (Wildman–Crippen MR) is 80.6 cm³/mol. The summed E-state index contributed by atoms with van der Waals surface area (Å²) in [7, 11) is 0. The summed E-state index contributed by atoms with van der Waals surface area (Å²) in [6.07, 6.45) is 5.28. The Hall–Kier alpha value is -2.54. The minimum absolute atomic E-state index is 0.184. The Morgan fingerprint density at radius 3 is 2.95 bits per heavy atom. The molecule has 0 radical (unpaired) electrons. The van der Waals surface area contributed by atoms with Gasteiger partial charge < -0.3 is 9.15 Å². The molecule has 0 N–H and O–H groups in total. The fourth-order valence-corrected chi connectivity index (χ4v) is 2.48. The van der Waals surface area contributed by atoms with Crippen LogP contribution in [0.25, 0.3) is 10.7 Å². The van der Waals surface area contributed by atoms with Crippen LogP contribution in [0, 0.1) is 0 Å². The molecule has 22 heavy (non-hydrogen) atoms. The highest BCUT2D eigenvalue weighted by atomic mass is 32.1. The molecular formula is C15H13N3O3S. The van der Waals surface area contributed by atoms with Gasteiger partial charge >= 0.3 is 5.97 Å². The molecule has 3 rings (SSSR count). The molecule has 3 heterocycles. The molecule has 0 aliphatic carbocycles. The maximum atomic E-state index is 11.5. The van der Waals surface area contributed by atoms with Gasteiger partial charge in [-0.3, -0.25) is 4.98 Å². The van der Waals surface area contributed by atoms with Gasteiger partial charge in [0, 0.05) is 17.8 Å². The van der Waals surface area contributed by atoms with Gasteiger partial charge in [-0.1, -0.05) is 6.07 Å². The van der Waals surface area contributed by atoms with Gasteiger partial charge in [0.05, 0.1) is 18.7 Å². The number of carbonyl (C=O) groups is 1. The molecule has 6 nitrogen and oxygen atoms in total. The van der Waals surface area contributed by atoms with Crippen LogP contribution in [-0.4, -0.2) is 27.5 Å². The summed E-state index contributed by atoms with van der Waals surface area (Å²) in [5.41, 5.74) is 1.96. The number of oxazole rings is 1. The third-order valence-corrected chi connectivity index (χ3v) is 3.66. The second kappa shape index (κ2) is 6.48. The zero-order valence-electron chi connectivity index (χ0n) is 11.9. The molecule has 3 aromatic heterocycles. The molecule has 3 aromatic rings. The number of thiazole rings is 1. The first-order valence-electron chi connectivity index (χ1n) is 6.72. The van der Waals surface area contributed by atoms with E-state index in [1.165, 1.54) is 6.26 Å². The van der Waals surface area contributed by atoms with Crippen molar-refractivity contribution in [2.24, 2.45) is 0 Å². The minimum Gasteiger partial charge on any atom is -0.461 e. The molecule has 0 aliphatic rings. The standard InChI is InChI=1S/C15H13N3O3S/c1-2-20-15(19)12-9-21-13(18-12)7-10-3-4-11(17-8-10)14-16-5-6-22-14/h3-6,8-9H,2,7H2,1H3. The molecule has 0 bridgehead atoms. The average Bonchev–Trinajstić information content (AvgIpc) is 3.19. The van der Waals surface area contributed by atoms with E-state index in [0.717, 1.165) is 16.3 Å². The lowest BCUT2D eigenvalue weighted by Gasteiger charge is -1.99. The van der Waals surface area contributed by atoms with Gasteiger partial charge in [0.25, 0.3) is 0 Å². The summed E-state index contributed by atoms with van der Waals surface area (Å²) in [5.74, 6) is -0.0263. The van der Waals surface area contributed by atoms with E-state index in [1.807, 2.05) is 17.5 Å². The zero-order valence-corrected chi connectivity index (χ0v) is 12.7. The molecule has 0 aliphatic heterocycles. The lowest BCUT2D eigenvalue weighted by atomic mass is 10.2. The minimum atomic E-state index is -0.477. The van der Waals surface area contributed by atoms with Gasteiger partial charge in [0.1, 0.15) is 11.3 Å². The number of ether oxygens (including phenoxy) is 1. The van der Waals surface area contributed by atoms with Gasteiger partial charge in [0.15, 0.2) is 11.6 Å². The van der Waals surface area contributed by atoms with Crippen LogP contribution in [0.3, 0.4) is 0 Å². The molecule has 0 fully saturated rings. The van der Waals surface area contributed by atoms with Crippen LogP contribution in [-0.2, 0) is 11.2 Å². The molecule has 0 unspecified atom stereocenters. The summed E-state index contributed by atoms with van der Waals surface area (Å²) in [5, 5.41) is 2.79. The first-order chi connectivity index (χ1) is 10.8. The van der Waals surface area contributed by atoms with Crippen molar-refractivity contribution in [2.45, 2.75) is 13.3 Å². The highest BCUT2D eigenvalue weighted by Crippen LogP contribution is 2.20. The quantitative estimate of drug-likeness (QED) is 0.674. The SMILES string of the molecule is CCOC(=O)c1coc(Cc2ccc(-c3nccs3)nc2)n1. The van der Waals surface area contributed by atoms with Crippen LogP contribution in [0.15, 0.2) is 40.6 Å². The monoisotopic (exact) mass is 315 g/mol. The van der Waals surface area contributed by atoms with Crippen LogP contribution in [0.5, 0.6) is 0 Å². The third kappa shape index (κ3) is 3.20. The molecule has 0 saturated carbocycles. The second-order valence-electron chi connectivity index (χ2n) is 4.41. The van der Waals surface area contributed by atoms with E-state index in [-0.39, 0.29) is 5.69 Å². The molecule has 0 aromatic carbocycles. The summed E-state index contributed by atoms with van der Waals surface area (Å²) in [6, 6.07) is 3.85. The number of rotatable bonds is 5. The summed E-state index contributed by atoms with van der Waals surface area (Å²) in [6.45, 7) is 2.05. The van der Waals surface area contributed by atoms with Crippen LogP contribution in [0.2, 0.25) is 0 Å². The number of nitrogens with zero attached hydrogens (tertiary/aromatic N) is 3. The van der Waals surface area contributed by atoms with E-state index in [4.69, 9.17) is 9.15 Å². The van der Waals surface area contributed by atoms with Gasteiger partial charge in [-0.15, -0.1) is 11.3 Å². The lowest BCUT2D eigenvalue weighted by Crippen LogP contribution is -2.05. The Bertz CT molecular complexity index is 751. The number of hydrogen-bond donors (Lipinski definition) is 0.